The summed E-state index contributed by atoms with van der Waals surface area (Å²) in [4.78, 5) is 0. The lowest BCUT2D eigenvalue weighted by molar-refractivity contribution is 0.358. The van der Waals surface area contributed by atoms with Gasteiger partial charge in [-0.15, -0.1) is 0 Å². The van der Waals surface area contributed by atoms with Gasteiger partial charge in [0.05, 0.1) is 12.4 Å². The lowest BCUT2D eigenvalue weighted by Gasteiger charge is -1.88. The van der Waals surface area contributed by atoms with Crippen LogP contribution in [0.5, 0.6) is 0 Å². The summed E-state index contributed by atoms with van der Waals surface area (Å²) < 4.78 is 11.2. The molecule has 0 aromatic heterocycles. The minimum Gasteiger partial charge on any atom is -0.513 e. The highest BCUT2D eigenvalue weighted by Crippen LogP contribution is 1.93. The van der Waals surface area contributed by atoms with Gasteiger partial charge in [-0.25, -0.2) is 0 Å². The third-order valence-corrected chi connectivity index (χ3v) is 0.684. The third kappa shape index (κ3) is 3.30. The topological polar surface area (TPSA) is 20.2 Å². The van der Waals surface area contributed by atoms with Gasteiger partial charge in [-0.1, -0.05) is 0 Å². The van der Waals surface area contributed by atoms with Gasteiger partial charge in [0, 0.05) is 6.42 Å². The molecule has 0 rings (SSSR count). The van der Waals surface area contributed by atoms with Crippen LogP contribution in [0.3, 0.4) is 0 Å². The molecule has 42 valence electrons. The average Bonchev–Trinajstić information content (AvgIpc) is 1.68. The van der Waals surface area contributed by atoms with Crippen molar-refractivity contribution >= 4 is 0 Å². The molecule has 0 aromatic carbocycles. The van der Waals surface area contributed by atoms with Crippen molar-refractivity contribution in [3.05, 3.63) is 11.8 Å². The Morgan fingerprint density at radius 2 is 2.43 bits per heavy atom. The van der Waals surface area contributed by atoms with E-state index in [0.29, 0.717) is 0 Å². The van der Waals surface area contributed by atoms with Gasteiger partial charge in [-0.05, 0) is 13.0 Å². The number of allylic oxidation sites excluding steroid dienone is 2. The van der Waals surface area contributed by atoms with Crippen LogP contribution in [-0.2, 0) is 0 Å². The Kier molecular flexibility index (Phi) is 3.38. The number of hydrogen-bond donors (Lipinski definition) is 1. The monoisotopic (exact) mass is 104 g/mol. The molecule has 0 saturated heterocycles. The van der Waals surface area contributed by atoms with E-state index in [1.54, 1.807) is 6.92 Å². The number of aliphatic hydroxyl groups is 1. The molecule has 0 aliphatic rings. The molecule has 0 aliphatic carbocycles. The van der Waals surface area contributed by atoms with E-state index in [0.717, 1.165) is 0 Å². The minimum absolute atomic E-state index is 0.127. The quantitative estimate of drug-likeness (QED) is 0.529. The fourth-order valence-electron chi connectivity index (χ4n) is 0.241. The second-order valence-electron chi connectivity index (χ2n) is 1.22. The Labute approximate surface area is 42.5 Å². The third-order valence-electron chi connectivity index (χ3n) is 0.684. The van der Waals surface area contributed by atoms with E-state index in [9.17, 15) is 4.39 Å². The summed E-state index contributed by atoms with van der Waals surface area (Å²) in [6, 6.07) is 0. The number of hydrogen-bond acceptors (Lipinski definition) is 1. The molecular formula is C5H9FO. The van der Waals surface area contributed by atoms with Crippen molar-refractivity contribution in [2.75, 3.05) is 6.67 Å². The Hall–Kier alpha value is -0.530. The van der Waals surface area contributed by atoms with Crippen molar-refractivity contribution in [3.8, 4) is 0 Å². The molecule has 0 atom stereocenters. The molecule has 0 aromatic rings. The van der Waals surface area contributed by atoms with Crippen LogP contribution >= 0.6 is 0 Å². The number of aliphatic hydroxyl groups excluding tert-OH is 1. The second kappa shape index (κ2) is 3.65. The van der Waals surface area contributed by atoms with Crippen LogP contribution < -0.4 is 0 Å². The van der Waals surface area contributed by atoms with Gasteiger partial charge >= 0.3 is 0 Å². The predicted molar refractivity (Wildman–Crippen MR) is 27.0 cm³/mol. The van der Waals surface area contributed by atoms with Crippen LogP contribution in [-0.4, -0.2) is 11.8 Å². The summed E-state index contributed by atoms with van der Waals surface area (Å²) in [6.45, 7) is 1.20. The van der Waals surface area contributed by atoms with Crippen molar-refractivity contribution < 1.29 is 9.50 Å². The first kappa shape index (κ1) is 6.47. The van der Waals surface area contributed by atoms with Gasteiger partial charge in [0.15, 0.2) is 0 Å². The lowest BCUT2D eigenvalue weighted by atomic mass is 10.4. The van der Waals surface area contributed by atoms with Crippen LogP contribution in [0.15, 0.2) is 11.8 Å². The van der Waals surface area contributed by atoms with E-state index < -0.39 is 6.67 Å². The summed E-state index contributed by atoms with van der Waals surface area (Å²) in [7, 11) is 0. The van der Waals surface area contributed by atoms with Gasteiger partial charge in [-0.3, -0.25) is 4.39 Å². The maximum absolute atomic E-state index is 11.2. The van der Waals surface area contributed by atoms with Crippen molar-refractivity contribution in [2.24, 2.45) is 0 Å². The van der Waals surface area contributed by atoms with Gasteiger partial charge < -0.3 is 5.11 Å². The Balaban J connectivity index is 3.17. The standard InChI is InChI=1S/C5H9FO/c1-2-5(7)3-4-6/h2,7H,3-4H2,1H3. The van der Waals surface area contributed by atoms with E-state index in [1.165, 1.54) is 6.08 Å². The lowest BCUT2D eigenvalue weighted by Crippen LogP contribution is -1.80. The molecule has 1 N–H and O–H groups in total. The molecule has 0 unspecified atom stereocenters. The largest absolute Gasteiger partial charge is 0.513 e. The summed E-state index contributed by atoms with van der Waals surface area (Å²) in [5.41, 5.74) is 0. The molecule has 2 heteroatoms. The Morgan fingerprint density at radius 3 is 2.57 bits per heavy atom. The summed E-state index contributed by atoms with van der Waals surface area (Å²) >= 11 is 0. The van der Waals surface area contributed by atoms with Crippen LogP contribution in [0, 0.1) is 0 Å². The van der Waals surface area contributed by atoms with Crippen molar-refractivity contribution in [1.82, 2.24) is 0 Å². The molecule has 0 aliphatic heterocycles. The molecule has 7 heavy (non-hydrogen) atoms. The molecule has 0 heterocycles. The summed E-state index contributed by atoms with van der Waals surface area (Å²) in [6.07, 6.45) is 1.64. The number of halogens is 1. The molecule has 0 bridgehead atoms. The van der Waals surface area contributed by atoms with E-state index in [-0.39, 0.29) is 12.2 Å². The maximum atomic E-state index is 11.2. The molecule has 0 radical (unpaired) electrons. The van der Waals surface area contributed by atoms with E-state index in [1.807, 2.05) is 0 Å². The highest BCUT2D eigenvalue weighted by atomic mass is 19.1. The van der Waals surface area contributed by atoms with Crippen molar-refractivity contribution in [3.63, 3.8) is 0 Å². The van der Waals surface area contributed by atoms with Gasteiger partial charge in [0.1, 0.15) is 0 Å². The first-order valence-electron chi connectivity index (χ1n) is 2.21. The molecule has 0 spiro atoms. The zero-order chi connectivity index (χ0) is 5.70. The molecule has 1 nitrogen and oxygen atoms in total. The normalized spacial score (nSPS) is 12.0. The van der Waals surface area contributed by atoms with Crippen LogP contribution in [0.1, 0.15) is 13.3 Å². The highest BCUT2D eigenvalue weighted by molar-refractivity contribution is 4.86. The smallest absolute Gasteiger partial charge is 0.0964 e. The Morgan fingerprint density at radius 1 is 1.86 bits per heavy atom. The average molecular weight is 104 g/mol. The molecule has 0 fully saturated rings. The second-order valence-corrected chi connectivity index (χ2v) is 1.22. The Bertz CT molecular complexity index is 68.5. The van der Waals surface area contributed by atoms with Crippen LogP contribution in [0.4, 0.5) is 4.39 Å². The molecular weight excluding hydrogens is 95.1 g/mol. The zero-order valence-electron chi connectivity index (χ0n) is 4.32. The van der Waals surface area contributed by atoms with E-state index in [2.05, 4.69) is 0 Å². The molecule has 0 amide bonds. The maximum Gasteiger partial charge on any atom is 0.0964 e. The fourth-order valence-corrected chi connectivity index (χ4v) is 0.241. The van der Waals surface area contributed by atoms with Gasteiger partial charge in [-0.2, -0.15) is 0 Å². The summed E-state index contributed by atoms with van der Waals surface area (Å²) in [5.74, 6) is 0.127. The van der Waals surface area contributed by atoms with E-state index >= 15 is 0 Å². The summed E-state index contributed by atoms with van der Waals surface area (Å²) in [5, 5.41) is 8.48. The number of rotatable bonds is 2. The van der Waals surface area contributed by atoms with Crippen LogP contribution in [0.25, 0.3) is 0 Å². The van der Waals surface area contributed by atoms with E-state index in [4.69, 9.17) is 5.11 Å². The van der Waals surface area contributed by atoms with Crippen molar-refractivity contribution in [2.45, 2.75) is 13.3 Å². The minimum atomic E-state index is -0.476. The van der Waals surface area contributed by atoms with Gasteiger partial charge in [0.25, 0.3) is 0 Å². The molecule has 0 saturated carbocycles. The fraction of sp³-hybridized carbons (Fsp3) is 0.600. The van der Waals surface area contributed by atoms with Crippen molar-refractivity contribution in [1.29, 1.82) is 0 Å². The van der Waals surface area contributed by atoms with Gasteiger partial charge in [0.2, 0.25) is 0 Å². The van der Waals surface area contributed by atoms with Crippen LogP contribution in [0.2, 0.25) is 0 Å². The highest BCUT2D eigenvalue weighted by Gasteiger charge is 1.85. The SMILES string of the molecule is CC=C(O)CCF. The first-order chi connectivity index (χ1) is 3.31. The predicted octanol–water partition coefficient (Wildman–Crippen LogP) is 1.81. The zero-order valence-corrected chi connectivity index (χ0v) is 4.32. The number of alkyl halides is 1. The first-order valence-corrected chi connectivity index (χ1v) is 2.21.